The van der Waals surface area contributed by atoms with Crippen LogP contribution in [-0.4, -0.2) is 43.8 Å². The first-order valence-electron chi connectivity index (χ1n) is 7.76. The van der Waals surface area contributed by atoms with Gasteiger partial charge in [0.15, 0.2) is 0 Å². The highest BCUT2D eigenvalue weighted by molar-refractivity contribution is 4.89. The number of hydrogen-bond donors (Lipinski definition) is 1. The maximum absolute atomic E-state index is 5.99. The van der Waals surface area contributed by atoms with Crippen LogP contribution in [0.2, 0.25) is 0 Å². The fraction of sp³-hybridized carbons (Fsp3) is 1.00. The molecular formula is C15H30N2O. The molecule has 0 radical (unpaired) electrons. The number of ether oxygens (including phenoxy) is 1. The Morgan fingerprint density at radius 2 is 2.11 bits per heavy atom. The molecule has 0 aromatic carbocycles. The van der Waals surface area contributed by atoms with Crippen molar-refractivity contribution in [2.75, 3.05) is 26.8 Å². The monoisotopic (exact) mass is 254 g/mol. The molecule has 0 bridgehead atoms. The van der Waals surface area contributed by atoms with Crippen LogP contribution in [0.1, 0.15) is 45.4 Å². The molecule has 1 heterocycles. The number of likely N-dealkylation sites (N-methyl/N-ethyl adjacent to an activating group) is 1. The summed E-state index contributed by atoms with van der Waals surface area (Å²) in [6.07, 6.45) is 7.97. The van der Waals surface area contributed by atoms with Crippen LogP contribution < -0.4 is 5.73 Å². The predicted molar refractivity (Wildman–Crippen MR) is 75.6 cm³/mol. The molecule has 3 nitrogen and oxygen atoms in total. The van der Waals surface area contributed by atoms with Crippen LogP contribution in [0.5, 0.6) is 0 Å². The number of nitrogens with two attached hydrogens (primary N) is 1. The summed E-state index contributed by atoms with van der Waals surface area (Å²) in [5, 5.41) is 0. The molecule has 1 saturated heterocycles. The SMILES string of the molecule is CCCC1CCC(CN)C(N(C)C2CCOC2)C1. The average molecular weight is 254 g/mol. The third-order valence-electron chi connectivity index (χ3n) is 5.07. The van der Waals surface area contributed by atoms with Crippen molar-refractivity contribution in [3.63, 3.8) is 0 Å². The van der Waals surface area contributed by atoms with Gasteiger partial charge in [-0.25, -0.2) is 0 Å². The lowest BCUT2D eigenvalue weighted by atomic mass is 9.75. The van der Waals surface area contributed by atoms with Crippen LogP contribution in [0, 0.1) is 11.8 Å². The zero-order valence-electron chi connectivity index (χ0n) is 12.1. The second kappa shape index (κ2) is 6.88. The van der Waals surface area contributed by atoms with Gasteiger partial charge in [-0.1, -0.05) is 26.2 Å². The molecule has 4 unspecified atom stereocenters. The molecule has 2 N–H and O–H groups in total. The van der Waals surface area contributed by atoms with Crippen molar-refractivity contribution in [2.45, 2.75) is 57.5 Å². The van der Waals surface area contributed by atoms with E-state index >= 15 is 0 Å². The van der Waals surface area contributed by atoms with Gasteiger partial charge >= 0.3 is 0 Å². The zero-order chi connectivity index (χ0) is 13.0. The van der Waals surface area contributed by atoms with Gasteiger partial charge < -0.3 is 10.5 Å². The Hall–Kier alpha value is -0.120. The number of nitrogens with zero attached hydrogens (tertiary/aromatic N) is 1. The lowest BCUT2D eigenvalue weighted by molar-refractivity contribution is 0.0597. The zero-order valence-corrected chi connectivity index (χ0v) is 12.1. The standard InChI is InChI=1S/C15H30N2O/c1-3-4-12-5-6-13(10-16)15(9-12)17(2)14-7-8-18-11-14/h12-15H,3-11,16H2,1-2H3. The summed E-state index contributed by atoms with van der Waals surface area (Å²) in [4.78, 5) is 2.59. The van der Waals surface area contributed by atoms with Gasteiger partial charge in [0, 0.05) is 18.7 Å². The van der Waals surface area contributed by atoms with Crippen LogP contribution in [0.4, 0.5) is 0 Å². The summed E-state index contributed by atoms with van der Waals surface area (Å²) in [7, 11) is 2.29. The van der Waals surface area contributed by atoms with Gasteiger partial charge in [0.2, 0.25) is 0 Å². The highest BCUT2D eigenvalue weighted by Crippen LogP contribution is 2.35. The fourth-order valence-electron chi connectivity index (χ4n) is 3.85. The molecule has 2 rings (SSSR count). The van der Waals surface area contributed by atoms with Gasteiger partial charge in [-0.15, -0.1) is 0 Å². The van der Waals surface area contributed by atoms with Gasteiger partial charge in [0.1, 0.15) is 0 Å². The van der Waals surface area contributed by atoms with Crippen LogP contribution in [0.3, 0.4) is 0 Å². The Balaban J connectivity index is 1.95. The quantitative estimate of drug-likeness (QED) is 0.818. The van der Waals surface area contributed by atoms with Crippen LogP contribution >= 0.6 is 0 Å². The summed E-state index contributed by atoms with van der Waals surface area (Å²) < 4.78 is 5.54. The Morgan fingerprint density at radius 1 is 1.28 bits per heavy atom. The van der Waals surface area contributed by atoms with Crippen molar-refractivity contribution in [1.82, 2.24) is 4.90 Å². The summed E-state index contributed by atoms with van der Waals surface area (Å²) in [5.41, 5.74) is 5.99. The van der Waals surface area contributed by atoms with Gasteiger partial charge in [-0.3, -0.25) is 4.90 Å². The molecule has 106 valence electrons. The first-order chi connectivity index (χ1) is 8.76. The van der Waals surface area contributed by atoms with Gasteiger partial charge in [0.25, 0.3) is 0 Å². The van der Waals surface area contributed by atoms with E-state index in [1.807, 2.05) is 0 Å². The van der Waals surface area contributed by atoms with Crippen molar-refractivity contribution in [1.29, 1.82) is 0 Å². The summed E-state index contributed by atoms with van der Waals surface area (Å²) in [6, 6.07) is 1.32. The topological polar surface area (TPSA) is 38.5 Å². The van der Waals surface area contributed by atoms with Crippen LogP contribution in [-0.2, 0) is 4.74 Å². The van der Waals surface area contributed by atoms with Crippen LogP contribution in [0.15, 0.2) is 0 Å². The minimum absolute atomic E-state index is 0.629. The Bertz CT molecular complexity index is 241. The Morgan fingerprint density at radius 3 is 2.72 bits per heavy atom. The maximum Gasteiger partial charge on any atom is 0.0622 e. The summed E-state index contributed by atoms with van der Waals surface area (Å²) >= 11 is 0. The molecule has 1 saturated carbocycles. The van der Waals surface area contributed by atoms with Crippen molar-refractivity contribution >= 4 is 0 Å². The average Bonchev–Trinajstić information content (AvgIpc) is 2.92. The Labute approximate surface area is 112 Å². The molecular weight excluding hydrogens is 224 g/mol. The lowest BCUT2D eigenvalue weighted by Crippen LogP contribution is -2.49. The van der Waals surface area contributed by atoms with Gasteiger partial charge in [0.05, 0.1) is 6.61 Å². The van der Waals surface area contributed by atoms with Crippen molar-refractivity contribution in [2.24, 2.45) is 17.6 Å². The van der Waals surface area contributed by atoms with E-state index in [-0.39, 0.29) is 0 Å². The van der Waals surface area contributed by atoms with E-state index in [0.29, 0.717) is 18.0 Å². The van der Waals surface area contributed by atoms with Crippen molar-refractivity contribution < 1.29 is 4.74 Å². The molecule has 0 aromatic heterocycles. The van der Waals surface area contributed by atoms with E-state index in [0.717, 1.165) is 25.7 Å². The molecule has 1 aliphatic heterocycles. The van der Waals surface area contributed by atoms with E-state index in [4.69, 9.17) is 10.5 Å². The highest BCUT2D eigenvalue weighted by atomic mass is 16.5. The maximum atomic E-state index is 5.99. The summed E-state index contributed by atoms with van der Waals surface area (Å²) in [5.74, 6) is 1.62. The van der Waals surface area contributed by atoms with E-state index in [2.05, 4.69) is 18.9 Å². The molecule has 1 aliphatic carbocycles. The third-order valence-corrected chi connectivity index (χ3v) is 5.07. The first-order valence-corrected chi connectivity index (χ1v) is 7.76. The van der Waals surface area contributed by atoms with Gasteiger partial charge in [-0.05, 0) is 44.7 Å². The molecule has 0 aromatic rings. The van der Waals surface area contributed by atoms with Crippen molar-refractivity contribution in [3.05, 3.63) is 0 Å². The molecule has 0 spiro atoms. The molecule has 0 amide bonds. The second-order valence-electron chi connectivity index (χ2n) is 6.21. The largest absolute Gasteiger partial charge is 0.380 e. The Kier molecular flexibility index (Phi) is 5.46. The van der Waals surface area contributed by atoms with E-state index < -0.39 is 0 Å². The molecule has 4 atom stereocenters. The van der Waals surface area contributed by atoms with E-state index in [1.54, 1.807) is 0 Å². The van der Waals surface area contributed by atoms with Crippen molar-refractivity contribution in [3.8, 4) is 0 Å². The second-order valence-corrected chi connectivity index (χ2v) is 6.21. The summed E-state index contributed by atoms with van der Waals surface area (Å²) in [6.45, 7) is 5.01. The minimum Gasteiger partial charge on any atom is -0.380 e. The predicted octanol–water partition coefficient (Wildman–Crippen LogP) is 2.25. The number of rotatable bonds is 5. The first kappa shape index (κ1) is 14.3. The lowest BCUT2D eigenvalue weighted by Gasteiger charge is -2.43. The molecule has 3 heteroatoms. The fourth-order valence-corrected chi connectivity index (χ4v) is 3.85. The van der Waals surface area contributed by atoms with E-state index in [9.17, 15) is 0 Å². The number of hydrogen-bond acceptors (Lipinski definition) is 3. The smallest absolute Gasteiger partial charge is 0.0622 e. The van der Waals surface area contributed by atoms with Gasteiger partial charge in [-0.2, -0.15) is 0 Å². The molecule has 2 aliphatic rings. The normalized spacial score (nSPS) is 37.3. The third kappa shape index (κ3) is 3.25. The molecule has 2 fully saturated rings. The highest BCUT2D eigenvalue weighted by Gasteiger charge is 2.35. The molecule has 18 heavy (non-hydrogen) atoms. The van der Waals surface area contributed by atoms with E-state index in [1.165, 1.54) is 38.5 Å². The van der Waals surface area contributed by atoms with Crippen LogP contribution in [0.25, 0.3) is 0 Å². The minimum atomic E-state index is 0.629.